The van der Waals surface area contributed by atoms with Crippen LogP contribution in [-0.2, 0) is 14.3 Å². The van der Waals surface area contributed by atoms with Crippen molar-refractivity contribution in [2.75, 3.05) is 13.7 Å². The summed E-state index contributed by atoms with van der Waals surface area (Å²) >= 11 is 0. The zero-order valence-electron chi connectivity index (χ0n) is 9.08. The van der Waals surface area contributed by atoms with Crippen molar-refractivity contribution in [1.82, 2.24) is 0 Å². The van der Waals surface area contributed by atoms with Gasteiger partial charge in [0.1, 0.15) is 12.7 Å². The SMILES string of the molecule is COCC(=O)O[C@@H]1C=C(C)C[C@@H](C)C1. The van der Waals surface area contributed by atoms with Gasteiger partial charge in [0, 0.05) is 7.11 Å². The predicted octanol–water partition coefficient (Wildman–Crippen LogP) is 1.92. The summed E-state index contributed by atoms with van der Waals surface area (Å²) in [5, 5.41) is 0. The van der Waals surface area contributed by atoms with E-state index in [1.165, 1.54) is 12.7 Å². The highest BCUT2D eigenvalue weighted by molar-refractivity contribution is 5.71. The summed E-state index contributed by atoms with van der Waals surface area (Å²) in [4.78, 5) is 11.1. The van der Waals surface area contributed by atoms with Gasteiger partial charge in [-0.15, -0.1) is 0 Å². The van der Waals surface area contributed by atoms with Crippen LogP contribution in [0.3, 0.4) is 0 Å². The van der Waals surface area contributed by atoms with Crippen LogP contribution in [0.5, 0.6) is 0 Å². The second-order valence-corrected chi connectivity index (χ2v) is 4.02. The fourth-order valence-electron chi connectivity index (χ4n) is 1.89. The van der Waals surface area contributed by atoms with Crippen molar-refractivity contribution in [2.45, 2.75) is 32.8 Å². The first kappa shape index (κ1) is 11.2. The van der Waals surface area contributed by atoms with Crippen LogP contribution in [0.25, 0.3) is 0 Å². The molecular weight excluding hydrogens is 180 g/mol. The minimum Gasteiger partial charge on any atom is -0.456 e. The maximum atomic E-state index is 11.1. The van der Waals surface area contributed by atoms with Crippen LogP contribution in [0.15, 0.2) is 11.6 Å². The van der Waals surface area contributed by atoms with Gasteiger partial charge in [-0.2, -0.15) is 0 Å². The van der Waals surface area contributed by atoms with Gasteiger partial charge in [0.25, 0.3) is 0 Å². The molecule has 0 aromatic heterocycles. The van der Waals surface area contributed by atoms with Crippen LogP contribution in [0.1, 0.15) is 26.7 Å². The summed E-state index contributed by atoms with van der Waals surface area (Å²) in [5.74, 6) is 0.316. The molecule has 0 aromatic carbocycles. The first-order valence-electron chi connectivity index (χ1n) is 4.97. The Morgan fingerprint density at radius 3 is 2.93 bits per heavy atom. The highest BCUT2D eigenvalue weighted by Crippen LogP contribution is 2.25. The smallest absolute Gasteiger partial charge is 0.332 e. The maximum Gasteiger partial charge on any atom is 0.332 e. The molecule has 0 saturated heterocycles. The van der Waals surface area contributed by atoms with E-state index < -0.39 is 0 Å². The van der Waals surface area contributed by atoms with E-state index in [-0.39, 0.29) is 18.7 Å². The van der Waals surface area contributed by atoms with Crippen molar-refractivity contribution < 1.29 is 14.3 Å². The number of methoxy groups -OCH3 is 1. The Morgan fingerprint density at radius 2 is 2.36 bits per heavy atom. The van der Waals surface area contributed by atoms with E-state index in [0.29, 0.717) is 5.92 Å². The highest BCUT2D eigenvalue weighted by Gasteiger charge is 2.20. The van der Waals surface area contributed by atoms with E-state index in [9.17, 15) is 4.79 Å². The Labute approximate surface area is 85.1 Å². The van der Waals surface area contributed by atoms with E-state index in [1.54, 1.807) is 0 Å². The molecule has 0 saturated carbocycles. The Hall–Kier alpha value is -0.830. The van der Waals surface area contributed by atoms with Crippen LogP contribution >= 0.6 is 0 Å². The average Bonchev–Trinajstić information content (AvgIpc) is 2.01. The summed E-state index contributed by atoms with van der Waals surface area (Å²) in [6.07, 6.45) is 4.01. The first-order chi connectivity index (χ1) is 6.61. The topological polar surface area (TPSA) is 35.5 Å². The Morgan fingerprint density at radius 1 is 1.64 bits per heavy atom. The monoisotopic (exact) mass is 198 g/mol. The summed E-state index contributed by atoms with van der Waals surface area (Å²) in [6, 6.07) is 0. The second kappa shape index (κ2) is 5.15. The first-order valence-corrected chi connectivity index (χ1v) is 4.97. The van der Waals surface area contributed by atoms with Crippen molar-refractivity contribution in [3.63, 3.8) is 0 Å². The Kier molecular flexibility index (Phi) is 4.14. The number of ether oxygens (including phenoxy) is 2. The van der Waals surface area contributed by atoms with Crippen LogP contribution in [0, 0.1) is 5.92 Å². The van der Waals surface area contributed by atoms with Crippen molar-refractivity contribution in [1.29, 1.82) is 0 Å². The zero-order chi connectivity index (χ0) is 10.6. The number of rotatable bonds is 3. The molecule has 80 valence electrons. The minimum atomic E-state index is -0.282. The van der Waals surface area contributed by atoms with Gasteiger partial charge in [0.2, 0.25) is 0 Å². The largest absolute Gasteiger partial charge is 0.456 e. The molecule has 0 aromatic rings. The molecule has 1 rings (SSSR count). The highest BCUT2D eigenvalue weighted by atomic mass is 16.6. The molecule has 0 N–H and O–H groups in total. The molecule has 0 bridgehead atoms. The van der Waals surface area contributed by atoms with Gasteiger partial charge in [0.05, 0.1) is 0 Å². The van der Waals surface area contributed by atoms with Crippen LogP contribution in [-0.4, -0.2) is 25.8 Å². The van der Waals surface area contributed by atoms with Crippen molar-refractivity contribution in [2.24, 2.45) is 5.92 Å². The number of esters is 1. The summed E-state index contributed by atoms with van der Waals surface area (Å²) in [6.45, 7) is 4.29. The summed E-state index contributed by atoms with van der Waals surface area (Å²) < 4.78 is 9.94. The van der Waals surface area contributed by atoms with E-state index in [1.807, 2.05) is 6.08 Å². The Balaban J connectivity index is 2.44. The van der Waals surface area contributed by atoms with E-state index >= 15 is 0 Å². The lowest BCUT2D eigenvalue weighted by molar-refractivity contribution is -0.152. The number of allylic oxidation sites excluding steroid dienone is 1. The lowest BCUT2D eigenvalue weighted by Gasteiger charge is -2.24. The summed E-state index contributed by atoms with van der Waals surface area (Å²) in [7, 11) is 1.49. The van der Waals surface area contributed by atoms with Crippen LogP contribution < -0.4 is 0 Å². The van der Waals surface area contributed by atoms with Gasteiger partial charge < -0.3 is 9.47 Å². The van der Waals surface area contributed by atoms with Gasteiger partial charge in [-0.25, -0.2) is 4.79 Å². The standard InChI is InChI=1S/C11H18O3/c1-8-4-9(2)6-10(5-8)14-11(12)7-13-3/h5,9-10H,4,6-7H2,1-3H3/t9-,10-/m1/s1. The minimum absolute atomic E-state index is 0.0395. The van der Waals surface area contributed by atoms with Crippen LogP contribution in [0.4, 0.5) is 0 Å². The number of carbonyl (C=O) groups excluding carboxylic acids is 1. The van der Waals surface area contributed by atoms with Crippen molar-refractivity contribution in [3.05, 3.63) is 11.6 Å². The zero-order valence-corrected chi connectivity index (χ0v) is 9.08. The molecular formula is C11H18O3. The number of hydrogen-bond donors (Lipinski definition) is 0. The van der Waals surface area contributed by atoms with E-state index in [4.69, 9.17) is 9.47 Å². The lowest BCUT2D eigenvalue weighted by atomic mass is 9.89. The van der Waals surface area contributed by atoms with Gasteiger partial charge in [0.15, 0.2) is 0 Å². The molecule has 14 heavy (non-hydrogen) atoms. The molecule has 3 heteroatoms. The molecule has 0 spiro atoms. The summed E-state index contributed by atoms with van der Waals surface area (Å²) in [5.41, 5.74) is 1.30. The quantitative estimate of drug-likeness (QED) is 0.513. The second-order valence-electron chi connectivity index (χ2n) is 4.02. The van der Waals surface area contributed by atoms with Crippen molar-refractivity contribution >= 4 is 5.97 Å². The molecule has 0 aliphatic heterocycles. The molecule has 1 aliphatic rings. The molecule has 0 fully saturated rings. The molecule has 2 atom stereocenters. The fraction of sp³-hybridized carbons (Fsp3) is 0.727. The molecule has 0 heterocycles. The number of hydrogen-bond acceptors (Lipinski definition) is 3. The van der Waals surface area contributed by atoms with Gasteiger partial charge in [-0.3, -0.25) is 0 Å². The Bertz CT molecular complexity index is 233. The molecule has 0 amide bonds. The average molecular weight is 198 g/mol. The molecule has 1 aliphatic carbocycles. The van der Waals surface area contributed by atoms with Crippen molar-refractivity contribution in [3.8, 4) is 0 Å². The lowest BCUT2D eigenvalue weighted by Crippen LogP contribution is -2.24. The third-order valence-corrected chi connectivity index (χ3v) is 2.32. The molecule has 0 radical (unpaired) electrons. The van der Waals surface area contributed by atoms with Gasteiger partial charge in [-0.05, 0) is 31.8 Å². The third-order valence-electron chi connectivity index (χ3n) is 2.32. The van der Waals surface area contributed by atoms with Gasteiger partial charge >= 0.3 is 5.97 Å². The van der Waals surface area contributed by atoms with Crippen LogP contribution in [0.2, 0.25) is 0 Å². The normalized spacial score (nSPS) is 26.9. The third kappa shape index (κ3) is 3.50. The maximum absolute atomic E-state index is 11.1. The number of carbonyl (C=O) groups is 1. The molecule has 0 unspecified atom stereocenters. The van der Waals surface area contributed by atoms with Gasteiger partial charge in [-0.1, -0.05) is 12.5 Å². The fourth-order valence-corrected chi connectivity index (χ4v) is 1.89. The predicted molar refractivity (Wildman–Crippen MR) is 53.9 cm³/mol. The van der Waals surface area contributed by atoms with E-state index in [0.717, 1.165) is 12.8 Å². The van der Waals surface area contributed by atoms with E-state index in [2.05, 4.69) is 13.8 Å². The molecule has 3 nitrogen and oxygen atoms in total.